The molecule has 0 aliphatic carbocycles. The van der Waals surface area contributed by atoms with Crippen molar-refractivity contribution in [3.8, 4) is 0 Å². The van der Waals surface area contributed by atoms with E-state index < -0.39 is 36.1 Å². The maximum atomic E-state index is 11.2. The van der Waals surface area contributed by atoms with Gasteiger partial charge in [0.25, 0.3) is 0 Å². The van der Waals surface area contributed by atoms with Crippen molar-refractivity contribution in [1.82, 2.24) is 0 Å². The third kappa shape index (κ3) is 4.98. The SMILES string of the molecule is C=C1OC(=O)OC1(C)CC(OC)OCOC(CC1(C)OC(=O)OC1=C)OC. The van der Waals surface area contributed by atoms with Crippen LogP contribution < -0.4 is 0 Å². The summed E-state index contributed by atoms with van der Waals surface area (Å²) in [6.07, 6.45) is -2.89. The zero-order valence-corrected chi connectivity index (χ0v) is 15.8. The first-order chi connectivity index (χ1) is 12.6. The molecule has 0 amide bonds. The summed E-state index contributed by atoms with van der Waals surface area (Å²) in [5, 5.41) is 0. The lowest BCUT2D eigenvalue weighted by atomic mass is 10.0. The Labute approximate surface area is 156 Å². The Balaban J connectivity index is 1.83. The maximum absolute atomic E-state index is 11.2. The molecular formula is C17H24O10. The zero-order chi connectivity index (χ0) is 20.2. The summed E-state index contributed by atoms with van der Waals surface area (Å²) < 4.78 is 41.3. The van der Waals surface area contributed by atoms with E-state index in [1.807, 2.05) is 0 Å². The van der Waals surface area contributed by atoms with Crippen molar-refractivity contribution < 1.29 is 47.5 Å². The van der Waals surface area contributed by atoms with Gasteiger partial charge in [0.05, 0.1) is 0 Å². The molecule has 4 atom stereocenters. The van der Waals surface area contributed by atoms with Gasteiger partial charge in [-0.05, 0) is 13.8 Å². The van der Waals surface area contributed by atoms with Crippen LogP contribution in [0.5, 0.6) is 0 Å². The largest absolute Gasteiger partial charge is 0.514 e. The van der Waals surface area contributed by atoms with E-state index in [2.05, 4.69) is 13.2 Å². The van der Waals surface area contributed by atoms with Gasteiger partial charge in [-0.3, -0.25) is 0 Å². The molecule has 0 N–H and O–H groups in total. The Hall–Kier alpha value is -2.14. The molecule has 2 rings (SSSR count). The monoisotopic (exact) mass is 388 g/mol. The van der Waals surface area contributed by atoms with Crippen LogP contribution in [-0.4, -0.2) is 57.1 Å². The third-order valence-electron chi connectivity index (χ3n) is 4.36. The second-order valence-electron chi connectivity index (χ2n) is 6.41. The molecule has 0 aromatic carbocycles. The van der Waals surface area contributed by atoms with E-state index in [-0.39, 0.29) is 31.2 Å². The first-order valence-electron chi connectivity index (χ1n) is 8.11. The van der Waals surface area contributed by atoms with Gasteiger partial charge in [0.15, 0.2) is 30.6 Å². The number of hydrogen-bond acceptors (Lipinski definition) is 10. The summed E-state index contributed by atoms with van der Waals surface area (Å²) in [6.45, 7) is 10.4. The average molecular weight is 388 g/mol. The van der Waals surface area contributed by atoms with E-state index in [0.29, 0.717) is 0 Å². The molecule has 0 bridgehead atoms. The van der Waals surface area contributed by atoms with Gasteiger partial charge in [0, 0.05) is 27.1 Å². The van der Waals surface area contributed by atoms with Crippen LogP contribution in [-0.2, 0) is 37.9 Å². The predicted octanol–water partition coefficient (Wildman–Crippen LogP) is 2.58. The van der Waals surface area contributed by atoms with Crippen molar-refractivity contribution in [3.05, 3.63) is 24.7 Å². The summed E-state index contributed by atoms with van der Waals surface area (Å²) in [5.41, 5.74) is -2.14. The lowest BCUT2D eigenvalue weighted by molar-refractivity contribution is -0.248. The minimum absolute atomic E-state index is 0.148. The van der Waals surface area contributed by atoms with Crippen molar-refractivity contribution in [2.45, 2.75) is 50.5 Å². The topological polar surface area (TPSA) is 108 Å². The Kier molecular flexibility index (Phi) is 6.47. The van der Waals surface area contributed by atoms with Crippen LogP contribution in [0.2, 0.25) is 0 Å². The highest BCUT2D eigenvalue weighted by Crippen LogP contribution is 2.35. The standard InChI is InChI=1S/C17H24O10/c1-10-16(3,26-14(18)24-10)7-12(20-5)22-9-23-13(21-6)8-17(4)11(2)25-15(19)27-17/h12-13H,1-2,7-9H2,3-6H3. The molecule has 0 radical (unpaired) electrons. The summed E-state index contributed by atoms with van der Waals surface area (Å²) in [6, 6.07) is 0. The average Bonchev–Trinajstić information content (AvgIpc) is 2.98. The van der Waals surface area contributed by atoms with E-state index in [9.17, 15) is 9.59 Å². The number of carbonyl (C=O) groups excluding carboxylic acids is 2. The van der Waals surface area contributed by atoms with Crippen molar-refractivity contribution in [1.29, 1.82) is 0 Å². The molecule has 0 aromatic rings. The van der Waals surface area contributed by atoms with Gasteiger partial charge < -0.3 is 37.9 Å². The predicted molar refractivity (Wildman–Crippen MR) is 88.1 cm³/mol. The van der Waals surface area contributed by atoms with E-state index in [0.717, 1.165) is 0 Å². The van der Waals surface area contributed by atoms with Crippen LogP contribution >= 0.6 is 0 Å². The fraction of sp³-hybridized carbons (Fsp3) is 0.647. The highest BCUT2D eigenvalue weighted by Gasteiger charge is 2.45. The Morgan fingerprint density at radius 2 is 1.22 bits per heavy atom. The molecule has 0 saturated carbocycles. The zero-order valence-electron chi connectivity index (χ0n) is 15.8. The number of carbonyl (C=O) groups is 2. The van der Waals surface area contributed by atoms with Crippen molar-refractivity contribution in [3.63, 3.8) is 0 Å². The number of hydrogen-bond donors (Lipinski definition) is 0. The number of rotatable bonds is 10. The number of cyclic esters (lactones) is 4. The minimum Gasteiger partial charge on any atom is -0.419 e. The Morgan fingerprint density at radius 3 is 1.48 bits per heavy atom. The Morgan fingerprint density at radius 1 is 0.852 bits per heavy atom. The quantitative estimate of drug-likeness (QED) is 0.409. The number of methoxy groups -OCH3 is 2. The van der Waals surface area contributed by atoms with Crippen molar-refractivity contribution in [2.75, 3.05) is 21.0 Å². The molecule has 4 unspecified atom stereocenters. The molecule has 2 fully saturated rings. The van der Waals surface area contributed by atoms with Gasteiger partial charge in [-0.2, -0.15) is 0 Å². The maximum Gasteiger partial charge on any atom is 0.514 e. The molecule has 0 aromatic heterocycles. The van der Waals surface area contributed by atoms with E-state index in [1.54, 1.807) is 13.8 Å². The number of ether oxygens (including phenoxy) is 8. The highest BCUT2D eigenvalue weighted by atomic mass is 16.8. The summed E-state index contributed by atoms with van der Waals surface area (Å²) in [4.78, 5) is 22.5. The van der Waals surface area contributed by atoms with Gasteiger partial charge in [-0.15, -0.1) is 0 Å². The smallest absolute Gasteiger partial charge is 0.419 e. The normalized spacial score (nSPS) is 29.8. The molecule has 10 nitrogen and oxygen atoms in total. The molecule has 10 heteroatoms. The van der Waals surface area contributed by atoms with Crippen LogP contribution in [0.4, 0.5) is 9.59 Å². The van der Waals surface area contributed by atoms with Crippen LogP contribution in [0, 0.1) is 0 Å². The van der Waals surface area contributed by atoms with Crippen LogP contribution in [0.3, 0.4) is 0 Å². The van der Waals surface area contributed by atoms with Crippen LogP contribution in [0.25, 0.3) is 0 Å². The molecule has 27 heavy (non-hydrogen) atoms. The van der Waals surface area contributed by atoms with Crippen LogP contribution in [0.15, 0.2) is 24.7 Å². The molecule has 2 aliphatic heterocycles. The van der Waals surface area contributed by atoms with Gasteiger partial charge in [-0.1, -0.05) is 13.2 Å². The first-order valence-corrected chi connectivity index (χ1v) is 8.11. The van der Waals surface area contributed by atoms with Gasteiger partial charge in [-0.25, -0.2) is 9.59 Å². The van der Waals surface area contributed by atoms with E-state index >= 15 is 0 Å². The summed E-state index contributed by atoms with van der Waals surface area (Å²) >= 11 is 0. The molecule has 152 valence electrons. The van der Waals surface area contributed by atoms with E-state index in [1.165, 1.54) is 14.2 Å². The lowest BCUT2D eigenvalue weighted by Gasteiger charge is -2.28. The van der Waals surface area contributed by atoms with Crippen molar-refractivity contribution in [2.24, 2.45) is 0 Å². The highest BCUT2D eigenvalue weighted by molar-refractivity contribution is 5.66. The first kappa shape index (κ1) is 21.2. The molecule has 2 saturated heterocycles. The summed E-state index contributed by atoms with van der Waals surface area (Å²) in [5.74, 6) is 0.339. The minimum atomic E-state index is -1.07. The molecular weight excluding hydrogens is 364 g/mol. The molecule has 0 spiro atoms. The van der Waals surface area contributed by atoms with E-state index in [4.69, 9.17) is 37.9 Å². The van der Waals surface area contributed by atoms with Gasteiger partial charge >= 0.3 is 12.3 Å². The lowest BCUT2D eigenvalue weighted by Crippen LogP contribution is -2.36. The second-order valence-corrected chi connectivity index (χ2v) is 6.41. The fourth-order valence-electron chi connectivity index (χ4n) is 2.50. The Bertz CT molecular complexity index is 565. The molecule has 2 heterocycles. The summed E-state index contributed by atoms with van der Waals surface area (Å²) in [7, 11) is 2.87. The van der Waals surface area contributed by atoms with Gasteiger partial charge in [0.1, 0.15) is 11.5 Å². The fourth-order valence-corrected chi connectivity index (χ4v) is 2.50. The van der Waals surface area contributed by atoms with Crippen molar-refractivity contribution >= 4 is 12.3 Å². The van der Waals surface area contributed by atoms with Crippen LogP contribution in [0.1, 0.15) is 26.7 Å². The van der Waals surface area contributed by atoms with Gasteiger partial charge in [0.2, 0.25) is 0 Å². The second kappa shape index (κ2) is 8.26. The third-order valence-corrected chi connectivity index (χ3v) is 4.36. The molecule has 2 aliphatic rings.